The highest BCUT2D eigenvalue weighted by Crippen LogP contribution is 2.26. The molecule has 3 N–H and O–H groups in total. The Morgan fingerprint density at radius 2 is 2.21 bits per heavy atom. The number of primary amides is 1. The molecule has 0 saturated carbocycles. The van der Waals surface area contributed by atoms with Crippen molar-refractivity contribution in [1.82, 2.24) is 4.98 Å². The van der Waals surface area contributed by atoms with Crippen LogP contribution in [0.3, 0.4) is 0 Å². The molecular weight excluding hydrogens is 251 g/mol. The molecule has 0 atom stereocenters. The molecular formula is C9H6BrFN2O. The Morgan fingerprint density at radius 1 is 1.50 bits per heavy atom. The third kappa shape index (κ3) is 1.29. The molecule has 0 fully saturated rings. The largest absolute Gasteiger partial charge is 0.364 e. The number of fused-ring (bicyclic) bond motifs is 1. The van der Waals surface area contributed by atoms with Gasteiger partial charge in [0, 0.05) is 5.39 Å². The Labute approximate surface area is 87.2 Å². The average molecular weight is 257 g/mol. The van der Waals surface area contributed by atoms with Crippen LogP contribution in [0, 0.1) is 5.82 Å². The fraction of sp³-hybridized carbons (Fsp3) is 0. The minimum atomic E-state index is -0.562. The lowest BCUT2D eigenvalue weighted by atomic mass is 10.2. The van der Waals surface area contributed by atoms with Gasteiger partial charge in [0.1, 0.15) is 11.5 Å². The molecule has 1 heterocycles. The van der Waals surface area contributed by atoms with Crippen molar-refractivity contribution in [3.63, 3.8) is 0 Å². The molecule has 5 heteroatoms. The van der Waals surface area contributed by atoms with E-state index in [1.54, 1.807) is 12.1 Å². The number of rotatable bonds is 1. The number of halogens is 2. The van der Waals surface area contributed by atoms with Gasteiger partial charge in [-0.05, 0) is 34.1 Å². The summed E-state index contributed by atoms with van der Waals surface area (Å²) in [4.78, 5) is 13.6. The van der Waals surface area contributed by atoms with Crippen LogP contribution in [-0.2, 0) is 0 Å². The molecule has 0 aliphatic carbocycles. The maximum absolute atomic E-state index is 13.1. The predicted octanol–water partition coefficient (Wildman–Crippen LogP) is 2.17. The second kappa shape index (κ2) is 3.09. The molecule has 1 amide bonds. The van der Waals surface area contributed by atoms with E-state index < -0.39 is 5.91 Å². The molecule has 0 spiro atoms. The van der Waals surface area contributed by atoms with E-state index in [0.717, 1.165) is 5.39 Å². The molecule has 72 valence electrons. The molecule has 0 radical (unpaired) electrons. The van der Waals surface area contributed by atoms with Crippen molar-refractivity contribution in [2.75, 3.05) is 0 Å². The van der Waals surface area contributed by atoms with E-state index in [1.165, 1.54) is 6.07 Å². The molecule has 1 aromatic heterocycles. The number of nitrogens with one attached hydrogen (secondary N) is 1. The van der Waals surface area contributed by atoms with E-state index in [-0.39, 0.29) is 11.5 Å². The average Bonchev–Trinajstić information content (AvgIpc) is 2.56. The maximum Gasteiger partial charge on any atom is 0.265 e. The van der Waals surface area contributed by atoms with E-state index in [9.17, 15) is 9.18 Å². The van der Waals surface area contributed by atoms with E-state index in [2.05, 4.69) is 20.9 Å². The minimum absolute atomic E-state index is 0.270. The number of carbonyl (C=O) groups excluding carboxylic acids is 1. The van der Waals surface area contributed by atoms with Gasteiger partial charge in [0.25, 0.3) is 5.91 Å². The molecule has 2 rings (SSSR count). The third-order valence-corrected chi connectivity index (χ3v) is 2.73. The van der Waals surface area contributed by atoms with E-state index in [1.807, 2.05) is 0 Å². The van der Waals surface area contributed by atoms with Crippen molar-refractivity contribution < 1.29 is 9.18 Å². The van der Waals surface area contributed by atoms with Crippen molar-refractivity contribution in [2.45, 2.75) is 0 Å². The normalized spacial score (nSPS) is 10.7. The topological polar surface area (TPSA) is 58.9 Å². The van der Waals surface area contributed by atoms with E-state index in [4.69, 9.17) is 5.73 Å². The van der Waals surface area contributed by atoms with Gasteiger partial charge in [0.2, 0.25) is 0 Å². The molecule has 3 nitrogen and oxygen atoms in total. The van der Waals surface area contributed by atoms with Crippen LogP contribution in [0.15, 0.2) is 22.7 Å². The van der Waals surface area contributed by atoms with E-state index >= 15 is 0 Å². The third-order valence-electron chi connectivity index (χ3n) is 1.95. The summed E-state index contributed by atoms with van der Waals surface area (Å²) in [7, 11) is 0. The first-order valence-corrected chi connectivity index (χ1v) is 4.65. The van der Waals surface area contributed by atoms with Crippen molar-refractivity contribution in [1.29, 1.82) is 0 Å². The summed E-state index contributed by atoms with van der Waals surface area (Å²) in [6, 6.07) is 4.49. The summed E-state index contributed by atoms with van der Waals surface area (Å²) in [6.45, 7) is 0. The number of H-pyrrole nitrogens is 1. The number of hydrogen-bond donors (Lipinski definition) is 2. The van der Waals surface area contributed by atoms with Gasteiger partial charge in [-0.25, -0.2) is 4.39 Å². The molecule has 2 aromatic rings. The summed E-state index contributed by atoms with van der Waals surface area (Å²) in [6.07, 6.45) is 0. The Morgan fingerprint density at radius 3 is 2.86 bits per heavy atom. The van der Waals surface area contributed by atoms with Crippen LogP contribution in [0.25, 0.3) is 10.9 Å². The van der Waals surface area contributed by atoms with Crippen molar-refractivity contribution in [3.05, 3.63) is 34.2 Å². The summed E-state index contributed by atoms with van der Waals surface area (Å²) in [5.41, 5.74) is 5.90. The lowest BCUT2D eigenvalue weighted by Crippen LogP contribution is -2.10. The highest BCUT2D eigenvalue weighted by atomic mass is 79.9. The molecule has 0 saturated heterocycles. The number of aromatic amines is 1. The first-order chi connectivity index (χ1) is 6.59. The highest BCUT2D eigenvalue weighted by Gasteiger charge is 2.10. The lowest BCUT2D eigenvalue weighted by Gasteiger charge is -1.94. The highest BCUT2D eigenvalue weighted by molar-refractivity contribution is 9.10. The monoisotopic (exact) mass is 256 g/mol. The van der Waals surface area contributed by atoms with Crippen molar-refractivity contribution in [3.8, 4) is 0 Å². The molecule has 0 aliphatic rings. The molecule has 0 bridgehead atoms. The van der Waals surface area contributed by atoms with Gasteiger partial charge in [-0.3, -0.25) is 4.79 Å². The number of benzene rings is 1. The van der Waals surface area contributed by atoms with Crippen LogP contribution in [0.5, 0.6) is 0 Å². The van der Waals surface area contributed by atoms with Gasteiger partial charge in [-0.1, -0.05) is 0 Å². The van der Waals surface area contributed by atoms with Gasteiger partial charge >= 0.3 is 0 Å². The van der Waals surface area contributed by atoms with Crippen molar-refractivity contribution >= 4 is 32.7 Å². The second-order valence-electron chi connectivity index (χ2n) is 2.87. The molecule has 14 heavy (non-hydrogen) atoms. The SMILES string of the molecule is NC(=O)c1cc2ccc(F)c(Br)c2[nH]1. The first kappa shape index (κ1) is 9.21. The molecule has 0 unspecified atom stereocenters. The Kier molecular flexibility index (Phi) is 2.03. The Bertz CT molecular complexity index is 521. The van der Waals surface area contributed by atoms with Gasteiger partial charge < -0.3 is 10.7 Å². The number of carbonyl (C=O) groups is 1. The summed E-state index contributed by atoms with van der Waals surface area (Å²) < 4.78 is 13.4. The lowest BCUT2D eigenvalue weighted by molar-refractivity contribution is 0.0996. The number of hydrogen-bond acceptors (Lipinski definition) is 1. The number of nitrogens with two attached hydrogens (primary N) is 1. The fourth-order valence-electron chi connectivity index (χ4n) is 1.27. The minimum Gasteiger partial charge on any atom is -0.364 e. The van der Waals surface area contributed by atoms with Crippen LogP contribution in [0.1, 0.15) is 10.5 Å². The zero-order valence-electron chi connectivity index (χ0n) is 6.97. The van der Waals surface area contributed by atoms with Crippen LogP contribution in [-0.4, -0.2) is 10.9 Å². The van der Waals surface area contributed by atoms with Crippen LogP contribution < -0.4 is 5.73 Å². The summed E-state index contributed by atoms with van der Waals surface area (Å²) >= 11 is 3.08. The maximum atomic E-state index is 13.1. The number of amides is 1. The van der Waals surface area contributed by atoms with Crippen LogP contribution in [0.2, 0.25) is 0 Å². The molecule has 0 aliphatic heterocycles. The van der Waals surface area contributed by atoms with Gasteiger partial charge in [0.15, 0.2) is 0 Å². The van der Waals surface area contributed by atoms with Gasteiger partial charge in [-0.2, -0.15) is 0 Å². The van der Waals surface area contributed by atoms with Crippen LogP contribution in [0.4, 0.5) is 4.39 Å². The first-order valence-electron chi connectivity index (χ1n) is 3.86. The Balaban J connectivity index is 2.77. The zero-order chi connectivity index (χ0) is 10.3. The summed E-state index contributed by atoms with van der Waals surface area (Å²) in [5, 5.41) is 0.743. The van der Waals surface area contributed by atoms with Crippen LogP contribution >= 0.6 is 15.9 Å². The quantitative estimate of drug-likeness (QED) is 0.808. The summed E-state index contributed by atoms with van der Waals surface area (Å²) in [5.74, 6) is -0.941. The van der Waals surface area contributed by atoms with E-state index in [0.29, 0.717) is 9.99 Å². The Hall–Kier alpha value is -1.36. The fourth-order valence-corrected chi connectivity index (χ4v) is 1.73. The zero-order valence-corrected chi connectivity index (χ0v) is 8.56. The number of aromatic nitrogens is 1. The second-order valence-corrected chi connectivity index (χ2v) is 3.67. The van der Waals surface area contributed by atoms with Gasteiger partial charge in [-0.15, -0.1) is 0 Å². The molecule has 1 aromatic carbocycles. The standard InChI is InChI=1S/C9H6BrFN2O/c10-7-5(11)2-1-4-3-6(9(12)14)13-8(4)7/h1-3,13H,(H2,12,14). The van der Waals surface area contributed by atoms with Crippen molar-refractivity contribution in [2.24, 2.45) is 5.73 Å². The smallest absolute Gasteiger partial charge is 0.265 e. The predicted molar refractivity (Wildman–Crippen MR) is 54.5 cm³/mol. The van der Waals surface area contributed by atoms with Gasteiger partial charge in [0.05, 0.1) is 9.99 Å².